The minimum Gasteiger partial charge on any atom is -0.461 e. The van der Waals surface area contributed by atoms with Crippen molar-refractivity contribution < 1.29 is 9.53 Å². The van der Waals surface area contributed by atoms with Crippen LogP contribution < -0.4 is 17.2 Å². The molecule has 0 radical (unpaired) electrons. The summed E-state index contributed by atoms with van der Waals surface area (Å²) in [6.07, 6.45) is 10.5. The van der Waals surface area contributed by atoms with E-state index in [0.717, 1.165) is 12.8 Å². The summed E-state index contributed by atoms with van der Waals surface area (Å²) in [7, 11) is 0. The highest BCUT2D eigenvalue weighted by atomic mass is 16.5. The summed E-state index contributed by atoms with van der Waals surface area (Å²) in [4.78, 5) is 10.9. The first-order chi connectivity index (χ1) is 9.02. The largest absolute Gasteiger partial charge is 0.461 e. The quantitative estimate of drug-likeness (QED) is 0.285. The van der Waals surface area contributed by atoms with E-state index in [-0.39, 0.29) is 13.2 Å². The monoisotopic (exact) mass is 273 g/mol. The van der Waals surface area contributed by atoms with E-state index in [1.165, 1.54) is 38.5 Å². The van der Waals surface area contributed by atoms with E-state index < -0.39 is 11.6 Å². The van der Waals surface area contributed by atoms with Crippen LogP contribution in [0.2, 0.25) is 0 Å². The Kier molecular flexibility index (Phi) is 10.8. The second kappa shape index (κ2) is 11.2. The lowest BCUT2D eigenvalue weighted by Crippen LogP contribution is -2.53. The van der Waals surface area contributed by atoms with Crippen LogP contribution in [0.15, 0.2) is 0 Å². The summed E-state index contributed by atoms with van der Waals surface area (Å²) in [5.41, 5.74) is 15.9. The average molecular weight is 273 g/mol. The Morgan fingerprint density at radius 1 is 1.00 bits per heavy atom. The van der Waals surface area contributed by atoms with Crippen LogP contribution in [0.1, 0.15) is 64.7 Å². The molecular formula is C14H31N3O2. The molecule has 5 heteroatoms. The van der Waals surface area contributed by atoms with Crippen molar-refractivity contribution in [2.75, 3.05) is 13.2 Å². The average Bonchev–Trinajstić information content (AvgIpc) is 2.39. The molecule has 0 fully saturated rings. The number of hydrogen-bond donors (Lipinski definition) is 3. The molecule has 0 spiro atoms. The van der Waals surface area contributed by atoms with Gasteiger partial charge in [-0.25, -0.2) is 0 Å². The SMILES string of the molecule is CCCCCCCCCCC(N)(N)COC(=O)CN. The van der Waals surface area contributed by atoms with Gasteiger partial charge >= 0.3 is 5.97 Å². The topological polar surface area (TPSA) is 104 Å². The van der Waals surface area contributed by atoms with Gasteiger partial charge in [0.05, 0.1) is 12.2 Å². The number of esters is 1. The van der Waals surface area contributed by atoms with Crippen molar-refractivity contribution in [3.8, 4) is 0 Å². The Labute approximate surface area is 117 Å². The van der Waals surface area contributed by atoms with Crippen LogP contribution in [0, 0.1) is 0 Å². The molecule has 0 amide bonds. The second-order valence-corrected chi connectivity index (χ2v) is 5.32. The molecule has 0 atom stereocenters. The Morgan fingerprint density at radius 3 is 2.05 bits per heavy atom. The molecule has 0 aliphatic rings. The van der Waals surface area contributed by atoms with Crippen LogP contribution in [0.3, 0.4) is 0 Å². The van der Waals surface area contributed by atoms with E-state index >= 15 is 0 Å². The highest BCUT2D eigenvalue weighted by Gasteiger charge is 2.20. The summed E-state index contributed by atoms with van der Waals surface area (Å²) >= 11 is 0. The van der Waals surface area contributed by atoms with Crippen molar-refractivity contribution in [2.45, 2.75) is 70.4 Å². The van der Waals surface area contributed by atoms with Crippen molar-refractivity contribution in [3.05, 3.63) is 0 Å². The summed E-state index contributed by atoms with van der Waals surface area (Å²) in [5.74, 6) is -0.462. The highest BCUT2D eigenvalue weighted by molar-refractivity contribution is 5.71. The molecule has 0 saturated carbocycles. The summed E-state index contributed by atoms with van der Waals surface area (Å²) in [6.45, 7) is 2.13. The van der Waals surface area contributed by atoms with E-state index in [0.29, 0.717) is 6.42 Å². The number of hydrogen-bond acceptors (Lipinski definition) is 5. The van der Waals surface area contributed by atoms with Gasteiger partial charge in [0.15, 0.2) is 0 Å². The Hall–Kier alpha value is -0.650. The van der Waals surface area contributed by atoms with Crippen molar-refractivity contribution >= 4 is 5.97 Å². The van der Waals surface area contributed by atoms with Gasteiger partial charge in [-0.15, -0.1) is 0 Å². The zero-order valence-corrected chi connectivity index (χ0v) is 12.3. The van der Waals surface area contributed by atoms with Crippen molar-refractivity contribution in [3.63, 3.8) is 0 Å². The Balaban J connectivity index is 3.45. The predicted octanol–water partition coefficient (Wildman–Crippen LogP) is 1.63. The van der Waals surface area contributed by atoms with Crippen LogP contribution in [-0.2, 0) is 9.53 Å². The first kappa shape index (κ1) is 18.4. The van der Waals surface area contributed by atoms with Crippen molar-refractivity contribution in [2.24, 2.45) is 17.2 Å². The van der Waals surface area contributed by atoms with Gasteiger partial charge < -0.3 is 21.9 Å². The molecule has 0 rings (SSSR count). The maximum atomic E-state index is 10.9. The number of nitrogens with two attached hydrogens (primary N) is 3. The molecule has 0 saturated heterocycles. The lowest BCUT2D eigenvalue weighted by Gasteiger charge is -2.23. The van der Waals surface area contributed by atoms with Crippen LogP contribution in [0.25, 0.3) is 0 Å². The minimum absolute atomic E-state index is 0.0412. The van der Waals surface area contributed by atoms with Crippen LogP contribution in [-0.4, -0.2) is 24.8 Å². The number of rotatable bonds is 12. The predicted molar refractivity (Wildman–Crippen MR) is 78.3 cm³/mol. The molecule has 6 N–H and O–H groups in total. The first-order valence-electron chi connectivity index (χ1n) is 7.45. The maximum Gasteiger partial charge on any atom is 0.319 e. The highest BCUT2D eigenvalue weighted by Crippen LogP contribution is 2.12. The molecule has 0 aromatic rings. The third kappa shape index (κ3) is 12.1. The van der Waals surface area contributed by atoms with E-state index in [1.807, 2.05) is 0 Å². The lowest BCUT2D eigenvalue weighted by atomic mass is 10.0. The molecule has 0 aliphatic carbocycles. The number of unbranched alkanes of at least 4 members (excludes halogenated alkanes) is 7. The lowest BCUT2D eigenvalue weighted by molar-refractivity contribution is -0.143. The van der Waals surface area contributed by atoms with Gasteiger partial charge in [0.2, 0.25) is 0 Å². The molecule has 0 aliphatic heterocycles. The van der Waals surface area contributed by atoms with Gasteiger partial charge in [-0.05, 0) is 6.42 Å². The van der Waals surface area contributed by atoms with E-state index in [2.05, 4.69) is 6.92 Å². The van der Waals surface area contributed by atoms with Crippen molar-refractivity contribution in [1.82, 2.24) is 0 Å². The third-order valence-corrected chi connectivity index (χ3v) is 3.16. The number of ether oxygens (including phenoxy) is 1. The molecular weight excluding hydrogens is 242 g/mol. The zero-order chi connectivity index (χ0) is 14.6. The second-order valence-electron chi connectivity index (χ2n) is 5.32. The smallest absolute Gasteiger partial charge is 0.319 e. The van der Waals surface area contributed by atoms with Gasteiger partial charge in [0.25, 0.3) is 0 Å². The van der Waals surface area contributed by atoms with Gasteiger partial charge in [0, 0.05) is 0 Å². The van der Waals surface area contributed by atoms with Gasteiger partial charge in [-0.1, -0.05) is 58.3 Å². The summed E-state index contributed by atoms with van der Waals surface area (Å²) in [6, 6.07) is 0. The van der Waals surface area contributed by atoms with Crippen LogP contribution in [0.4, 0.5) is 0 Å². The summed E-state index contributed by atoms with van der Waals surface area (Å²) in [5, 5.41) is 0. The van der Waals surface area contributed by atoms with Crippen LogP contribution in [0.5, 0.6) is 0 Å². The fourth-order valence-electron chi connectivity index (χ4n) is 1.93. The van der Waals surface area contributed by atoms with E-state index in [4.69, 9.17) is 21.9 Å². The fraction of sp³-hybridized carbons (Fsp3) is 0.929. The maximum absolute atomic E-state index is 10.9. The van der Waals surface area contributed by atoms with Crippen LogP contribution >= 0.6 is 0 Å². The first-order valence-corrected chi connectivity index (χ1v) is 7.45. The van der Waals surface area contributed by atoms with Gasteiger partial charge in [-0.3, -0.25) is 4.79 Å². The normalized spacial score (nSPS) is 11.6. The molecule has 114 valence electrons. The number of carbonyl (C=O) groups excluding carboxylic acids is 1. The molecule has 5 nitrogen and oxygen atoms in total. The van der Waals surface area contributed by atoms with Crippen molar-refractivity contribution in [1.29, 1.82) is 0 Å². The fourth-order valence-corrected chi connectivity index (χ4v) is 1.93. The third-order valence-electron chi connectivity index (χ3n) is 3.16. The minimum atomic E-state index is -0.924. The Morgan fingerprint density at radius 2 is 1.53 bits per heavy atom. The number of carbonyl (C=O) groups is 1. The molecule has 0 aromatic carbocycles. The molecule has 0 heterocycles. The zero-order valence-electron chi connectivity index (χ0n) is 12.3. The standard InChI is InChI=1S/C14H31N3O2/c1-2-3-4-5-6-7-8-9-10-14(16,17)12-19-13(18)11-15/h2-12,15-17H2,1H3. The molecule has 19 heavy (non-hydrogen) atoms. The van der Waals surface area contributed by atoms with E-state index in [9.17, 15) is 4.79 Å². The Bertz CT molecular complexity index is 233. The van der Waals surface area contributed by atoms with Gasteiger partial charge in [0.1, 0.15) is 6.61 Å². The molecule has 0 bridgehead atoms. The van der Waals surface area contributed by atoms with Gasteiger partial charge in [-0.2, -0.15) is 0 Å². The molecule has 0 unspecified atom stereocenters. The molecule has 0 aromatic heterocycles. The van der Waals surface area contributed by atoms with E-state index in [1.54, 1.807) is 0 Å². The summed E-state index contributed by atoms with van der Waals surface area (Å²) < 4.78 is 4.86.